The maximum atomic E-state index is 14.3. The molecule has 3 amide bonds. The molecular formula is C33H49N3O4. The number of amides is 3. The zero-order valence-corrected chi connectivity index (χ0v) is 25.9. The Kier molecular flexibility index (Phi) is 12.2. The van der Waals surface area contributed by atoms with E-state index in [2.05, 4.69) is 17.6 Å². The number of hydrogen-bond donors (Lipinski definition) is 2. The van der Waals surface area contributed by atoms with E-state index in [0.717, 1.165) is 47.9 Å². The van der Waals surface area contributed by atoms with E-state index in [0.29, 0.717) is 12.2 Å². The molecule has 0 aliphatic rings. The molecule has 0 spiro atoms. The van der Waals surface area contributed by atoms with Crippen molar-refractivity contribution in [1.82, 2.24) is 10.2 Å². The minimum atomic E-state index is -0.880. The van der Waals surface area contributed by atoms with E-state index < -0.39 is 23.8 Å². The predicted octanol–water partition coefficient (Wildman–Crippen LogP) is 7.25. The second kappa shape index (κ2) is 14.9. The fourth-order valence-electron chi connectivity index (χ4n) is 4.52. The quantitative estimate of drug-likeness (QED) is 0.272. The summed E-state index contributed by atoms with van der Waals surface area (Å²) in [6, 6.07) is 11.7. The molecule has 0 saturated heterocycles. The second-order valence-electron chi connectivity index (χ2n) is 12.0. The summed E-state index contributed by atoms with van der Waals surface area (Å²) in [5.41, 5.74) is 3.81. The smallest absolute Gasteiger partial charge is 0.408 e. The zero-order chi connectivity index (χ0) is 30.0. The van der Waals surface area contributed by atoms with Crippen LogP contribution in [0.25, 0.3) is 0 Å². The molecule has 220 valence electrons. The van der Waals surface area contributed by atoms with Crippen LogP contribution in [-0.2, 0) is 14.3 Å². The third-order valence-electron chi connectivity index (χ3n) is 6.95. The predicted molar refractivity (Wildman–Crippen MR) is 162 cm³/mol. The SMILES string of the molecule is CCCCCCN(C(=O)C(NC(=O)OC(C)(C)C)C(C)C)C(C(=O)Nc1ccccc1C)c1ccc(C)c(C)c1. The Morgan fingerprint density at radius 3 is 2.15 bits per heavy atom. The Labute approximate surface area is 241 Å². The molecular weight excluding hydrogens is 502 g/mol. The molecule has 2 aromatic carbocycles. The van der Waals surface area contributed by atoms with E-state index in [4.69, 9.17) is 4.74 Å². The summed E-state index contributed by atoms with van der Waals surface area (Å²) >= 11 is 0. The second-order valence-corrected chi connectivity index (χ2v) is 12.0. The summed E-state index contributed by atoms with van der Waals surface area (Å²) in [5, 5.41) is 5.87. The highest BCUT2D eigenvalue weighted by molar-refractivity contribution is 5.99. The number of carbonyl (C=O) groups excluding carboxylic acids is 3. The van der Waals surface area contributed by atoms with E-state index >= 15 is 0 Å². The Morgan fingerprint density at radius 1 is 0.900 bits per heavy atom. The number of anilines is 1. The molecule has 7 nitrogen and oxygen atoms in total. The van der Waals surface area contributed by atoms with Gasteiger partial charge in [0.2, 0.25) is 5.91 Å². The summed E-state index contributed by atoms with van der Waals surface area (Å²) < 4.78 is 5.47. The number of unbranched alkanes of at least 4 members (excludes halogenated alkanes) is 3. The Morgan fingerprint density at radius 2 is 1.57 bits per heavy atom. The molecule has 0 radical (unpaired) electrons. The lowest BCUT2D eigenvalue weighted by Gasteiger charge is -2.36. The highest BCUT2D eigenvalue weighted by Gasteiger charge is 2.37. The van der Waals surface area contributed by atoms with Gasteiger partial charge in [-0.15, -0.1) is 0 Å². The van der Waals surface area contributed by atoms with Crippen molar-refractivity contribution in [1.29, 1.82) is 0 Å². The molecule has 0 fully saturated rings. The van der Waals surface area contributed by atoms with Gasteiger partial charge in [-0.25, -0.2) is 4.79 Å². The zero-order valence-electron chi connectivity index (χ0n) is 25.9. The number of nitrogens with one attached hydrogen (secondary N) is 2. The van der Waals surface area contributed by atoms with Gasteiger partial charge >= 0.3 is 6.09 Å². The number of alkyl carbamates (subject to hydrolysis) is 1. The number of carbonyl (C=O) groups is 3. The average molecular weight is 552 g/mol. The van der Waals surface area contributed by atoms with E-state index in [9.17, 15) is 14.4 Å². The van der Waals surface area contributed by atoms with E-state index in [1.54, 1.807) is 25.7 Å². The molecule has 0 saturated carbocycles. The number of para-hydroxylation sites is 1. The molecule has 7 heteroatoms. The number of aryl methyl sites for hydroxylation is 3. The van der Waals surface area contributed by atoms with Crippen LogP contribution in [0.5, 0.6) is 0 Å². The van der Waals surface area contributed by atoms with E-state index in [1.807, 2.05) is 77.1 Å². The van der Waals surface area contributed by atoms with Crippen LogP contribution in [0.4, 0.5) is 10.5 Å². The molecule has 0 bridgehead atoms. The summed E-state index contributed by atoms with van der Waals surface area (Å²) in [6.07, 6.45) is 3.12. The standard InChI is InChI=1S/C33H49N3O4/c1-10-11-12-15-20-36(31(38)28(22(2)3)35-32(39)40-33(7,8)9)29(26-19-18-23(4)25(6)21-26)30(37)34-27-17-14-13-16-24(27)5/h13-14,16-19,21-22,28-29H,10-12,15,20H2,1-9H3,(H,34,37)(H,35,39). The van der Waals surface area contributed by atoms with Crippen molar-refractivity contribution < 1.29 is 19.1 Å². The lowest BCUT2D eigenvalue weighted by molar-refractivity contribution is -0.141. The summed E-state index contributed by atoms with van der Waals surface area (Å²) in [6.45, 7) is 17.6. The Bertz CT molecular complexity index is 1150. The highest BCUT2D eigenvalue weighted by Crippen LogP contribution is 2.28. The normalized spacial score (nSPS) is 12.9. The van der Waals surface area contributed by atoms with Crippen molar-refractivity contribution in [3.05, 3.63) is 64.7 Å². The van der Waals surface area contributed by atoms with Gasteiger partial charge in [0.25, 0.3) is 5.91 Å². The van der Waals surface area contributed by atoms with Crippen molar-refractivity contribution in [2.45, 2.75) is 106 Å². The Balaban J connectivity index is 2.57. The molecule has 0 aliphatic heterocycles. The van der Waals surface area contributed by atoms with Crippen molar-refractivity contribution in [3.8, 4) is 0 Å². The maximum absolute atomic E-state index is 14.3. The highest BCUT2D eigenvalue weighted by atomic mass is 16.6. The summed E-state index contributed by atoms with van der Waals surface area (Å²) in [5.74, 6) is -0.820. The first-order valence-electron chi connectivity index (χ1n) is 14.5. The average Bonchev–Trinajstić information content (AvgIpc) is 2.86. The van der Waals surface area contributed by atoms with Crippen molar-refractivity contribution in [3.63, 3.8) is 0 Å². The van der Waals surface area contributed by atoms with Gasteiger partial charge in [0.05, 0.1) is 0 Å². The van der Waals surface area contributed by atoms with Crippen molar-refractivity contribution in [2.24, 2.45) is 5.92 Å². The van der Waals surface area contributed by atoms with Crippen LogP contribution in [-0.4, -0.2) is 41.0 Å². The number of hydrogen-bond acceptors (Lipinski definition) is 4. The van der Waals surface area contributed by atoms with E-state index in [1.165, 1.54) is 0 Å². The number of nitrogens with zero attached hydrogens (tertiary/aromatic N) is 1. The lowest BCUT2D eigenvalue weighted by Crippen LogP contribution is -2.54. The van der Waals surface area contributed by atoms with Gasteiger partial charge in [-0.05, 0) is 82.2 Å². The largest absolute Gasteiger partial charge is 0.444 e. The van der Waals surface area contributed by atoms with Crippen molar-refractivity contribution in [2.75, 3.05) is 11.9 Å². The van der Waals surface area contributed by atoms with Crippen LogP contribution in [0.3, 0.4) is 0 Å². The third-order valence-corrected chi connectivity index (χ3v) is 6.95. The van der Waals surface area contributed by atoms with Gasteiger partial charge in [0.15, 0.2) is 0 Å². The first-order valence-corrected chi connectivity index (χ1v) is 14.5. The van der Waals surface area contributed by atoms with Gasteiger partial charge in [-0.2, -0.15) is 0 Å². The van der Waals surface area contributed by atoms with Gasteiger partial charge in [-0.3, -0.25) is 9.59 Å². The fraction of sp³-hybridized carbons (Fsp3) is 0.545. The molecule has 0 aliphatic carbocycles. The molecule has 0 heterocycles. The number of benzene rings is 2. The van der Waals surface area contributed by atoms with Gasteiger partial charge in [0, 0.05) is 12.2 Å². The first-order chi connectivity index (χ1) is 18.7. The van der Waals surface area contributed by atoms with Crippen molar-refractivity contribution >= 4 is 23.6 Å². The third kappa shape index (κ3) is 9.68. The molecule has 2 rings (SSSR count). The van der Waals surface area contributed by atoms with Crippen LogP contribution in [0.1, 0.15) is 95.5 Å². The van der Waals surface area contributed by atoms with Gasteiger partial charge < -0.3 is 20.3 Å². The topological polar surface area (TPSA) is 87.7 Å². The van der Waals surface area contributed by atoms with Crippen LogP contribution >= 0.6 is 0 Å². The lowest BCUT2D eigenvalue weighted by atomic mass is 9.96. The minimum Gasteiger partial charge on any atom is -0.444 e. The molecule has 2 unspecified atom stereocenters. The molecule has 2 aromatic rings. The van der Waals surface area contributed by atoms with Crippen LogP contribution < -0.4 is 10.6 Å². The molecule has 40 heavy (non-hydrogen) atoms. The maximum Gasteiger partial charge on any atom is 0.408 e. The number of ether oxygens (including phenoxy) is 1. The number of rotatable bonds is 12. The summed E-state index contributed by atoms with van der Waals surface area (Å²) in [4.78, 5) is 42.8. The minimum absolute atomic E-state index is 0.224. The van der Waals surface area contributed by atoms with Crippen LogP contribution in [0.2, 0.25) is 0 Å². The monoisotopic (exact) mass is 551 g/mol. The molecule has 2 atom stereocenters. The molecule has 0 aromatic heterocycles. The first kappa shape index (κ1) is 32.9. The van der Waals surface area contributed by atoms with Crippen LogP contribution in [0, 0.1) is 26.7 Å². The molecule has 2 N–H and O–H groups in total. The Hall–Kier alpha value is -3.35. The van der Waals surface area contributed by atoms with Gasteiger partial charge in [-0.1, -0.05) is 76.4 Å². The summed E-state index contributed by atoms with van der Waals surface area (Å²) in [7, 11) is 0. The fourth-order valence-corrected chi connectivity index (χ4v) is 4.52. The van der Waals surface area contributed by atoms with E-state index in [-0.39, 0.29) is 17.7 Å². The van der Waals surface area contributed by atoms with Gasteiger partial charge in [0.1, 0.15) is 17.7 Å². The van der Waals surface area contributed by atoms with Crippen LogP contribution in [0.15, 0.2) is 42.5 Å².